The molecule has 0 aromatic carbocycles. The molecule has 2 fully saturated rings. The fraction of sp³-hybridized carbons (Fsp3) is 0.786. The Labute approximate surface area is 137 Å². The van der Waals surface area contributed by atoms with Gasteiger partial charge in [-0.3, -0.25) is 14.9 Å². The summed E-state index contributed by atoms with van der Waals surface area (Å²) in [7, 11) is 0. The minimum absolute atomic E-state index is 0. The molecule has 1 atom stereocenters. The van der Waals surface area contributed by atoms with Gasteiger partial charge in [0, 0.05) is 19.1 Å². The van der Waals surface area contributed by atoms with Gasteiger partial charge in [0.15, 0.2) is 0 Å². The van der Waals surface area contributed by atoms with Crippen LogP contribution in [0.1, 0.15) is 34.1 Å². The van der Waals surface area contributed by atoms with E-state index in [1.165, 1.54) is 4.90 Å². The summed E-state index contributed by atoms with van der Waals surface area (Å²) in [5.41, 5.74) is 4.93. The minimum Gasteiger partial charge on any atom is -0.341 e. The Morgan fingerprint density at radius 1 is 1.32 bits per heavy atom. The van der Waals surface area contributed by atoms with Gasteiger partial charge in [0.25, 0.3) is 5.91 Å². The number of nitrogens with one attached hydrogen (secondary N) is 1. The molecule has 0 saturated carbocycles. The third-order valence-electron chi connectivity index (χ3n) is 4.65. The molecule has 7 nitrogen and oxygen atoms in total. The van der Waals surface area contributed by atoms with E-state index in [4.69, 9.17) is 5.73 Å². The predicted molar refractivity (Wildman–Crippen MR) is 84.5 cm³/mol. The zero-order chi connectivity index (χ0) is 16.0. The van der Waals surface area contributed by atoms with Crippen LogP contribution in [0.3, 0.4) is 0 Å². The number of rotatable bonds is 2. The molecular formula is C14H25ClN4O3. The van der Waals surface area contributed by atoms with E-state index < -0.39 is 11.6 Å². The van der Waals surface area contributed by atoms with Gasteiger partial charge in [-0.05, 0) is 25.7 Å². The highest BCUT2D eigenvalue weighted by molar-refractivity contribution is 6.07. The smallest absolute Gasteiger partial charge is 0.325 e. The third-order valence-corrected chi connectivity index (χ3v) is 4.65. The predicted octanol–water partition coefficient (Wildman–Crippen LogP) is 0.324. The number of nitrogens with zero attached hydrogens (tertiary/aromatic N) is 2. The van der Waals surface area contributed by atoms with Gasteiger partial charge in [-0.1, -0.05) is 13.8 Å². The molecule has 0 aliphatic carbocycles. The van der Waals surface area contributed by atoms with Crippen LogP contribution in [0.4, 0.5) is 4.79 Å². The maximum absolute atomic E-state index is 12.4. The summed E-state index contributed by atoms with van der Waals surface area (Å²) in [5, 5.41) is 2.25. The van der Waals surface area contributed by atoms with Crippen molar-refractivity contribution in [1.29, 1.82) is 0 Å². The molecule has 1 unspecified atom stereocenters. The monoisotopic (exact) mass is 332 g/mol. The molecule has 2 saturated heterocycles. The van der Waals surface area contributed by atoms with Crippen molar-refractivity contribution < 1.29 is 14.4 Å². The van der Waals surface area contributed by atoms with Crippen LogP contribution in [-0.2, 0) is 9.59 Å². The number of imide groups is 1. The summed E-state index contributed by atoms with van der Waals surface area (Å²) in [5.74, 6) is -0.519. The fourth-order valence-electron chi connectivity index (χ4n) is 2.79. The number of halogens is 1. The highest BCUT2D eigenvalue weighted by Crippen LogP contribution is 2.28. The maximum Gasteiger partial charge on any atom is 0.325 e. The largest absolute Gasteiger partial charge is 0.341 e. The summed E-state index contributed by atoms with van der Waals surface area (Å²) < 4.78 is 0. The van der Waals surface area contributed by atoms with E-state index in [1.54, 1.807) is 18.7 Å². The molecular weight excluding hydrogens is 308 g/mol. The second kappa shape index (κ2) is 6.04. The van der Waals surface area contributed by atoms with Crippen molar-refractivity contribution in [3.63, 3.8) is 0 Å². The standard InChI is InChI=1S/C14H24N4O3.ClH/c1-13(2)8-17(6-5-9(13)15)10(19)7-18-12(21)16-11(20)14(18,3)4;/h9H,5-8,15H2,1-4H3,(H,16,20,21);1H. The lowest BCUT2D eigenvalue weighted by molar-refractivity contribution is -0.136. The summed E-state index contributed by atoms with van der Waals surface area (Å²) in [4.78, 5) is 39.0. The van der Waals surface area contributed by atoms with Gasteiger partial charge in [0.05, 0.1) is 0 Å². The lowest BCUT2D eigenvalue weighted by Crippen LogP contribution is -2.57. The number of piperidine rings is 1. The molecule has 0 aromatic heterocycles. The molecule has 2 aliphatic heterocycles. The summed E-state index contributed by atoms with van der Waals surface area (Å²) in [6.45, 7) is 8.41. The molecule has 0 radical (unpaired) electrons. The van der Waals surface area contributed by atoms with Gasteiger partial charge in [0.1, 0.15) is 12.1 Å². The van der Waals surface area contributed by atoms with Crippen LogP contribution in [0.5, 0.6) is 0 Å². The second-order valence-corrected chi connectivity index (χ2v) is 7.10. The lowest BCUT2D eigenvalue weighted by atomic mass is 9.79. The van der Waals surface area contributed by atoms with Gasteiger partial charge in [-0.15, -0.1) is 12.4 Å². The van der Waals surface area contributed by atoms with Crippen molar-refractivity contribution in [3.8, 4) is 0 Å². The molecule has 2 aliphatic rings. The number of likely N-dealkylation sites (tertiary alicyclic amines) is 1. The first kappa shape index (κ1) is 18.7. The van der Waals surface area contributed by atoms with E-state index in [9.17, 15) is 14.4 Å². The molecule has 0 aromatic rings. The van der Waals surface area contributed by atoms with Crippen LogP contribution in [0, 0.1) is 5.41 Å². The van der Waals surface area contributed by atoms with Gasteiger partial charge in [0.2, 0.25) is 5.91 Å². The zero-order valence-electron chi connectivity index (χ0n) is 13.5. The number of nitrogens with two attached hydrogens (primary N) is 1. The first-order valence-corrected chi connectivity index (χ1v) is 7.22. The quantitative estimate of drug-likeness (QED) is 0.712. The van der Waals surface area contributed by atoms with Crippen LogP contribution in [0.15, 0.2) is 0 Å². The normalized spacial score (nSPS) is 26.5. The SMILES string of the molecule is CC1(C)CN(C(=O)CN2C(=O)NC(=O)C2(C)C)CCC1N.Cl. The van der Waals surface area contributed by atoms with Crippen LogP contribution in [0.25, 0.3) is 0 Å². The van der Waals surface area contributed by atoms with E-state index in [2.05, 4.69) is 5.32 Å². The van der Waals surface area contributed by atoms with Crippen LogP contribution in [-0.4, -0.2) is 58.9 Å². The number of carbonyl (C=O) groups excluding carboxylic acids is 3. The van der Waals surface area contributed by atoms with Crippen molar-refractivity contribution in [3.05, 3.63) is 0 Å². The topological polar surface area (TPSA) is 95.7 Å². The van der Waals surface area contributed by atoms with E-state index in [0.29, 0.717) is 13.1 Å². The number of hydrogen-bond acceptors (Lipinski definition) is 4. The van der Waals surface area contributed by atoms with E-state index >= 15 is 0 Å². The summed E-state index contributed by atoms with van der Waals surface area (Å²) >= 11 is 0. The average molecular weight is 333 g/mol. The van der Waals surface area contributed by atoms with Crippen molar-refractivity contribution in [2.75, 3.05) is 19.6 Å². The molecule has 2 rings (SSSR count). The molecule has 22 heavy (non-hydrogen) atoms. The van der Waals surface area contributed by atoms with Gasteiger partial charge >= 0.3 is 6.03 Å². The molecule has 3 N–H and O–H groups in total. The van der Waals surface area contributed by atoms with Crippen molar-refractivity contribution in [1.82, 2.24) is 15.1 Å². The van der Waals surface area contributed by atoms with Crippen LogP contribution < -0.4 is 11.1 Å². The highest BCUT2D eigenvalue weighted by Gasteiger charge is 2.47. The van der Waals surface area contributed by atoms with Crippen molar-refractivity contribution in [2.45, 2.75) is 45.7 Å². The first-order chi connectivity index (χ1) is 9.55. The Bertz CT molecular complexity index is 492. The Morgan fingerprint density at radius 3 is 2.36 bits per heavy atom. The Hall–Kier alpha value is -1.34. The Morgan fingerprint density at radius 2 is 1.91 bits per heavy atom. The van der Waals surface area contributed by atoms with Gasteiger partial charge < -0.3 is 15.5 Å². The highest BCUT2D eigenvalue weighted by atomic mass is 35.5. The fourth-order valence-corrected chi connectivity index (χ4v) is 2.79. The van der Waals surface area contributed by atoms with Crippen molar-refractivity contribution >= 4 is 30.3 Å². The van der Waals surface area contributed by atoms with Crippen LogP contribution in [0.2, 0.25) is 0 Å². The average Bonchev–Trinajstić information content (AvgIpc) is 2.55. The minimum atomic E-state index is -0.992. The maximum atomic E-state index is 12.4. The Kier molecular flexibility index (Phi) is 5.14. The number of amides is 4. The number of hydrogen-bond donors (Lipinski definition) is 2. The lowest BCUT2D eigenvalue weighted by Gasteiger charge is -2.43. The molecule has 8 heteroatoms. The molecule has 0 bridgehead atoms. The summed E-state index contributed by atoms with van der Waals surface area (Å²) in [6.07, 6.45) is 0.743. The molecule has 0 spiro atoms. The number of urea groups is 1. The third kappa shape index (κ3) is 3.20. The van der Waals surface area contributed by atoms with E-state index in [-0.39, 0.29) is 42.2 Å². The van der Waals surface area contributed by atoms with Gasteiger partial charge in [-0.2, -0.15) is 0 Å². The first-order valence-electron chi connectivity index (χ1n) is 7.22. The second-order valence-electron chi connectivity index (χ2n) is 7.10. The van der Waals surface area contributed by atoms with Crippen LogP contribution >= 0.6 is 12.4 Å². The number of carbonyl (C=O) groups is 3. The molecule has 2 heterocycles. The van der Waals surface area contributed by atoms with E-state index in [0.717, 1.165) is 6.42 Å². The summed E-state index contributed by atoms with van der Waals surface area (Å²) in [6, 6.07) is -0.444. The van der Waals surface area contributed by atoms with Crippen molar-refractivity contribution in [2.24, 2.45) is 11.1 Å². The Balaban J connectivity index is 0.00000242. The molecule has 4 amide bonds. The molecule has 126 valence electrons. The zero-order valence-corrected chi connectivity index (χ0v) is 14.3. The van der Waals surface area contributed by atoms with E-state index in [1.807, 2.05) is 13.8 Å². The van der Waals surface area contributed by atoms with Gasteiger partial charge in [-0.25, -0.2) is 4.79 Å².